The van der Waals surface area contributed by atoms with E-state index >= 15 is 0 Å². The van der Waals surface area contributed by atoms with Crippen LogP contribution in [0.5, 0.6) is 0 Å². The molecule has 1 fully saturated rings. The van der Waals surface area contributed by atoms with Gasteiger partial charge in [0.15, 0.2) is 0 Å². The van der Waals surface area contributed by atoms with Crippen molar-refractivity contribution >= 4 is 15.4 Å². The summed E-state index contributed by atoms with van der Waals surface area (Å²) in [5, 5.41) is 0. The first-order valence-electron chi connectivity index (χ1n) is 7.74. The molecule has 1 aliphatic carbocycles. The van der Waals surface area contributed by atoms with Crippen molar-refractivity contribution in [2.75, 3.05) is 0 Å². The zero-order valence-corrected chi connectivity index (χ0v) is 15.1. The van der Waals surface area contributed by atoms with Crippen molar-refractivity contribution in [3.63, 3.8) is 0 Å². The van der Waals surface area contributed by atoms with Crippen molar-refractivity contribution < 1.29 is 13.7 Å². The van der Waals surface area contributed by atoms with Crippen molar-refractivity contribution in [3.05, 3.63) is 11.8 Å². The molecule has 0 bridgehead atoms. The van der Waals surface area contributed by atoms with E-state index in [9.17, 15) is 0 Å². The summed E-state index contributed by atoms with van der Waals surface area (Å²) < 4.78 is 18.5. The third-order valence-corrected chi connectivity index (χ3v) is 5.34. The molecule has 2 aliphatic rings. The van der Waals surface area contributed by atoms with Crippen LogP contribution in [0.2, 0.25) is 25.5 Å². The lowest BCUT2D eigenvalue weighted by Gasteiger charge is -2.32. The summed E-state index contributed by atoms with van der Waals surface area (Å²) in [7, 11) is -1.62. The van der Waals surface area contributed by atoms with Gasteiger partial charge in [-0.2, -0.15) is 0 Å². The van der Waals surface area contributed by atoms with Crippen LogP contribution in [0.4, 0.5) is 0 Å². The molecule has 1 heterocycles. The highest BCUT2D eigenvalue weighted by Crippen LogP contribution is 2.44. The molecule has 3 nitrogen and oxygen atoms in total. The van der Waals surface area contributed by atoms with E-state index in [0.717, 1.165) is 25.0 Å². The molecule has 0 amide bonds. The van der Waals surface area contributed by atoms with Gasteiger partial charge in [0.2, 0.25) is 8.32 Å². The maximum atomic E-state index is 6.19. The molecule has 5 heteroatoms. The van der Waals surface area contributed by atoms with Crippen molar-refractivity contribution in [2.45, 2.75) is 83.6 Å². The van der Waals surface area contributed by atoms with E-state index in [1.54, 1.807) is 0 Å². The molecule has 0 unspecified atom stereocenters. The Hall–Kier alpha value is -0.258. The Morgan fingerprint density at radius 2 is 1.70 bits per heavy atom. The lowest BCUT2D eigenvalue weighted by Crippen LogP contribution is -2.41. The molecule has 0 radical (unpaired) electrons. The normalized spacial score (nSPS) is 29.2. The quantitative estimate of drug-likeness (QED) is 0.724. The van der Waals surface area contributed by atoms with Crippen LogP contribution in [0.1, 0.15) is 47.0 Å². The lowest BCUT2D eigenvalue weighted by atomic mass is 9.66. The number of allylic oxidation sites excluding steroid dienone is 2. The number of hydrogen-bond donors (Lipinski definition) is 0. The van der Waals surface area contributed by atoms with Gasteiger partial charge in [0, 0.05) is 12.2 Å². The molecule has 0 aromatic carbocycles. The Morgan fingerprint density at radius 3 is 2.20 bits per heavy atom. The third kappa shape index (κ3) is 3.49. The smallest absolute Gasteiger partial charge is 0.461 e. The van der Waals surface area contributed by atoms with Crippen LogP contribution >= 0.6 is 0 Å². The summed E-state index contributed by atoms with van der Waals surface area (Å²) in [5.74, 6) is 1.56. The molecule has 0 spiro atoms. The van der Waals surface area contributed by atoms with Crippen LogP contribution in [0.15, 0.2) is 11.8 Å². The first-order chi connectivity index (χ1) is 9.00. The standard InChI is InChI=1S/C15H29BO3Si/c1-14(2)15(3,4)19-16(18-14)12-9-8-10-13(11-12)17-20(5,6)7/h10,12H,8-9,11H2,1-7H3/t12-/m0/s1. The molecule has 114 valence electrons. The Kier molecular flexibility index (Phi) is 4.18. The number of hydrogen-bond acceptors (Lipinski definition) is 3. The van der Waals surface area contributed by atoms with Crippen molar-refractivity contribution in [1.29, 1.82) is 0 Å². The first-order valence-corrected chi connectivity index (χ1v) is 11.1. The van der Waals surface area contributed by atoms with Crippen molar-refractivity contribution in [3.8, 4) is 0 Å². The highest BCUT2D eigenvalue weighted by atomic mass is 28.4. The highest BCUT2D eigenvalue weighted by Gasteiger charge is 2.53. The average molecular weight is 296 g/mol. The minimum Gasteiger partial charge on any atom is -0.548 e. The second-order valence-electron chi connectivity index (χ2n) is 8.05. The van der Waals surface area contributed by atoms with Crippen LogP contribution in [0, 0.1) is 0 Å². The molecule has 20 heavy (non-hydrogen) atoms. The molecule has 1 aliphatic heterocycles. The van der Waals surface area contributed by atoms with Gasteiger partial charge in [-0.15, -0.1) is 0 Å². The van der Waals surface area contributed by atoms with Gasteiger partial charge < -0.3 is 13.7 Å². The summed E-state index contributed by atoms with van der Waals surface area (Å²) in [4.78, 5) is 0. The topological polar surface area (TPSA) is 27.7 Å². The number of rotatable bonds is 3. The maximum Gasteiger partial charge on any atom is 0.461 e. The van der Waals surface area contributed by atoms with E-state index in [1.165, 1.54) is 0 Å². The fourth-order valence-electron chi connectivity index (χ4n) is 2.69. The van der Waals surface area contributed by atoms with Gasteiger partial charge in [-0.1, -0.05) is 0 Å². The van der Waals surface area contributed by atoms with E-state index < -0.39 is 8.32 Å². The molecular formula is C15H29BO3Si. The minimum atomic E-state index is -1.52. The molecule has 0 aromatic rings. The van der Waals surface area contributed by atoms with E-state index in [2.05, 4.69) is 53.4 Å². The van der Waals surface area contributed by atoms with E-state index in [-0.39, 0.29) is 18.3 Å². The maximum absolute atomic E-state index is 6.19. The van der Waals surface area contributed by atoms with Gasteiger partial charge in [-0.05, 0) is 66.3 Å². The van der Waals surface area contributed by atoms with Crippen molar-refractivity contribution in [2.24, 2.45) is 0 Å². The van der Waals surface area contributed by atoms with E-state index in [0.29, 0.717) is 5.82 Å². The van der Waals surface area contributed by atoms with Crippen LogP contribution < -0.4 is 0 Å². The second-order valence-corrected chi connectivity index (χ2v) is 12.5. The Morgan fingerprint density at radius 1 is 1.15 bits per heavy atom. The zero-order valence-electron chi connectivity index (χ0n) is 14.1. The van der Waals surface area contributed by atoms with Crippen LogP contribution in [-0.4, -0.2) is 26.6 Å². The van der Waals surface area contributed by atoms with Gasteiger partial charge in [-0.25, -0.2) is 0 Å². The molecule has 0 N–H and O–H groups in total. The largest absolute Gasteiger partial charge is 0.548 e. The van der Waals surface area contributed by atoms with Crippen LogP contribution in [0.3, 0.4) is 0 Å². The Bertz CT molecular complexity index is 382. The van der Waals surface area contributed by atoms with Crippen LogP contribution in [-0.2, 0) is 13.7 Å². The fourth-order valence-corrected chi connectivity index (χ4v) is 3.65. The van der Waals surface area contributed by atoms with Crippen molar-refractivity contribution in [1.82, 2.24) is 0 Å². The summed E-state index contributed by atoms with van der Waals surface area (Å²) in [6.45, 7) is 15.2. The fraction of sp³-hybridized carbons (Fsp3) is 0.867. The van der Waals surface area contributed by atoms with Gasteiger partial charge in [-0.3, -0.25) is 0 Å². The van der Waals surface area contributed by atoms with Gasteiger partial charge in [0.05, 0.1) is 17.0 Å². The molecule has 1 atom stereocenters. The third-order valence-electron chi connectivity index (χ3n) is 4.47. The summed E-state index contributed by atoms with van der Waals surface area (Å²) >= 11 is 0. The van der Waals surface area contributed by atoms with Gasteiger partial charge in [0.25, 0.3) is 0 Å². The SMILES string of the molecule is CC1(C)OB([C@H]2CCC=C(O[Si](C)(C)C)C2)OC1(C)C. The second kappa shape index (κ2) is 5.18. The van der Waals surface area contributed by atoms with E-state index in [1.807, 2.05) is 0 Å². The van der Waals surface area contributed by atoms with Crippen LogP contribution in [0.25, 0.3) is 0 Å². The molecule has 2 rings (SSSR count). The summed E-state index contributed by atoms with van der Waals surface area (Å²) in [5.41, 5.74) is -0.475. The Labute approximate surface area is 125 Å². The molecular weight excluding hydrogens is 267 g/mol. The first kappa shape index (κ1) is 16.1. The lowest BCUT2D eigenvalue weighted by molar-refractivity contribution is 0.00578. The van der Waals surface area contributed by atoms with Gasteiger partial charge in [0.1, 0.15) is 0 Å². The predicted octanol–water partition coefficient (Wildman–Crippen LogP) is 4.37. The monoisotopic (exact) mass is 296 g/mol. The molecule has 0 aromatic heterocycles. The predicted molar refractivity (Wildman–Crippen MR) is 86.2 cm³/mol. The highest BCUT2D eigenvalue weighted by molar-refractivity contribution is 6.70. The summed E-state index contributed by atoms with van der Waals surface area (Å²) in [6.07, 6.45) is 5.38. The van der Waals surface area contributed by atoms with Gasteiger partial charge >= 0.3 is 7.12 Å². The Balaban J connectivity index is 2.01. The molecule has 1 saturated heterocycles. The minimum absolute atomic E-state index is 0.103. The zero-order chi connectivity index (χ0) is 15.2. The van der Waals surface area contributed by atoms with E-state index in [4.69, 9.17) is 13.7 Å². The average Bonchev–Trinajstić information content (AvgIpc) is 2.46. The summed E-state index contributed by atoms with van der Waals surface area (Å²) in [6, 6.07) is 0. The molecule has 0 saturated carbocycles.